The van der Waals surface area contributed by atoms with Crippen LogP contribution in [0, 0.1) is 5.82 Å². The number of fused-ring (bicyclic) bond motifs is 3. The number of halogens is 2. The van der Waals surface area contributed by atoms with E-state index < -0.39 is 0 Å². The molecule has 0 bridgehead atoms. The summed E-state index contributed by atoms with van der Waals surface area (Å²) in [7, 11) is 0. The van der Waals surface area contributed by atoms with Crippen LogP contribution in [0.15, 0.2) is 35.3 Å². The molecule has 3 rings (SSSR count). The predicted octanol–water partition coefficient (Wildman–Crippen LogP) is 4.08. The summed E-state index contributed by atoms with van der Waals surface area (Å²) in [5, 5.41) is 2.02. The number of nitrogens with zero attached hydrogens (tertiary/aromatic N) is 1. The first-order valence-corrected chi connectivity index (χ1v) is 5.97. The van der Waals surface area contributed by atoms with E-state index in [2.05, 4.69) is 11.9 Å². The Morgan fingerprint density at radius 3 is 2.76 bits per heavy atom. The molecule has 0 spiro atoms. The second-order valence-electron chi connectivity index (χ2n) is 4.40. The van der Waals surface area contributed by atoms with E-state index in [1.165, 1.54) is 6.07 Å². The Labute approximate surface area is 104 Å². The van der Waals surface area contributed by atoms with E-state index in [9.17, 15) is 4.39 Å². The van der Waals surface area contributed by atoms with Crippen LogP contribution in [0.1, 0.15) is 24.0 Å². The van der Waals surface area contributed by atoms with Gasteiger partial charge in [0, 0.05) is 23.4 Å². The standard InChI is InChI=1S/C14H11ClFN/c1-8-7-17-14(15)11-6-12(16)9-4-2-3-5-10(9)13(8)11/h2-6,8H,7H2,1H3. The van der Waals surface area contributed by atoms with Gasteiger partial charge >= 0.3 is 0 Å². The molecule has 0 aliphatic carbocycles. The minimum atomic E-state index is -0.234. The van der Waals surface area contributed by atoms with Gasteiger partial charge in [-0.15, -0.1) is 0 Å². The smallest absolute Gasteiger partial charge is 0.131 e. The molecule has 0 aromatic heterocycles. The summed E-state index contributed by atoms with van der Waals surface area (Å²) in [4.78, 5) is 4.22. The van der Waals surface area contributed by atoms with Crippen LogP contribution in [0.5, 0.6) is 0 Å². The quantitative estimate of drug-likeness (QED) is 0.665. The molecule has 0 N–H and O–H groups in total. The lowest BCUT2D eigenvalue weighted by Gasteiger charge is -2.21. The summed E-state index contributed by atoms with van der Waals surface area (Å²) in [5.74, 6) is 0.0415. The third-order valence-corrected chi connectivity index (χ3v) is 3.58. The fraction of sp³-hybridized carbons (Fsp3) is 0.214. The molecule has 1 aliphatic rings. The molecule has 1 unspecified atom stereocenters. The Morgan fingerprint density at radius 1 is 1.29 bits per heavy atom. The zero-order valence-corrected chi connectivity index (χ0v) is 10.1. The second-order valence-corrected chi connectivity index (χ2v) is 4.76. The summed E-state index contributed by atoms with van der Waals surface area (Å²) in [5.41, 5.74) is 1.85. The van der Waals surface area contributed by atoms with Crippen LogP contribution in [0.4, 0.5) is 4.39 Å². The molecular weight excluding hydrogens is 237 g/mol. The Kier molecular flexibility index (Phi) is 2.40. The van der Waals surface area contributed by atoms with Crippen LogP contribution in [0.2, 0.25) is 0 Å². The van der Waals surface area contributed by atoms with Gasteiger partial charge in [0.15, 0.2) is 0 Å². The Bertz CT molecular complexity index is 633. The maximum absolute atomic E-state index is 14.0. The minimum Gasteiger partial charge on any atom is -0.272 e. The lowest BCUT2D eigenvalue weighted by atomic mass is 9.88. The first-order valence-electron chi connectivity index (χ1n) is 5.60. The molecule has 2 aromatic carbocycles. The van der Waals surface area contributed by atoms with Crippen molar-refractivity contribution in [2.75, 3.05) is 6.54 Å². The topological polar surface area (TPSA) is 12.4 Å². The van der Waals surface area contributed by atoms with Crippen molar-refractivity contribution >= 4 is 27.5 Å². The van der Waals surface area contributed by atoms with Gasteiger partial charge in [-0.1, -0.05) is 42.8 Å². The van der Waals surface area contributed by atoms with Crippen molar-refractivity contribution in [2.24, 2.45) is 4.99 Å². The Morgan fingerprint density at radius 2 is 2.00 bits per heavy atom. The highest BCUT2D eigenvalue weighted by Crippen LogP contribution is 2.34. The molecule has 0 radical (unpaired) electrons. The van der Waals surface area contributed by atoms with Crippen LogP contribution in [-0.2, 0) is 0 Å². The lowest BCUT2D eigenvalue weighted by molar-refractivity contribution is 0.637. The maximum Gasteiger partial charge on any atom is 0.131 e. The highest BCUT2D eigenvalue weighted by Gasteiger charge is 2.22. The summed E-state index contributed by atoms with van der Waals surface area (Å²) >= 11 is 6.07. The van der Waals surface area contributed by atoms with Gasteiger partial charge in [-0.2, -0.15) is 0 Å². The van der Waals surface area contributed by atoms with Crippen molar-refractivity contribution in [2.45, 2.75) is 12.8 Å². The molecular formula is C14H11ClFN. The molecule has 2 aromatic rings. The summed E-state index contributed by atoms with van der Waals surface area (Å²) in [6.45, 7) is 2.76. The van der Waals surface area contributed by atoms with Crippen molar-refractivity contribution < 1.29 is 4.39 Å². The molecule has 1 aliphatic heterocycles. The maximum atomic E-state index is 14.0. The van der Waals surface area contributed by atoms with E-state index in [1.807, 2.05) is 18.2 Å². The molecule has 1 atom stereocenters. The molecule has 0 amide bonds. The van der Waals surface area contributed by atoms with Gasteiger partial charge in [-0.3, -0.25) is 4.99 Å². The molecule has 1 heterocycles. The van der Waals surface area contributed by atoms with Crippen molar-refractivity contribution in [3.63, 3.8) is 0 Å². The number of hydrogen-bond acceptors (Lipinski definition) is 1. The van der Waals surface area contributed by atoms with E-state index >= 15 is 0 Å². The number of aliphatic imine (C=N–C) groups is 1. The highest BCUT2D eigenvalue weighted by molar-refractivity contribution is 6.70. The van der Waals surface area contributed by atoms with E-state index in [-0.39, 0.29) is 11.7 Å². The van der Waals surface area contributed by atoms with Crippen LogP contribution >= 0.6 is 11.6 Å². The normalized spacial score (nSPS) is 19.0. The van der Waals surface area contributed by atoms with Gasteiger partial charge in [0.1, 0.15) is 11.0 Å². The second kappa shape index (κ2) is 3.81. The molecule has 0 fully saturated rings. The highest BCUT2D eigenvalue weighted by atomic mass is 35.5. The molecule has 0 saturated carbocycles. The van der Waals surface area contributed by atoms with Crippen molar-refractivity contribution in [3.8, 4) is 0 Å². The third kappa shape index (κ3) is 1.55. The van der Waals surface area contributed by atoms with Crippen LogP contribution in [0.25, 0.3) is 10.8 Å². The molecule has 17 heavy (non-hydrogen) atoms. The van der Waals surface area contributed by atoms with Gasteiger partial charge < -0.3 is 0 Å². The number of benzene rings is 2. The lowest BCUT2D eigenvalue weighted by Crippen LogP contribution is -2.13. The largest absolute Gasteiger partial charge is 0.272 e. The molecule has 0 saturated heterocycles. The van der Waals surface area contributed by atoms with E-state index in [0.717, 1.165) is 16.5 Å². The average molecular weight is 248 g/mol. The van der Waals surface area contributed by atoms with Crippen molar-refractivity contribution in [1.82, 2.24) is 0 Å². The monoisotopic (exact) mass is 247 g/mol. The predicted molar refractivity (Wildman–Crippen MR) is 69.6 cm³/mol. The zero-order valence-electron chi connectivity index (χ0n) is 9.37. The third-order valence-electron chi connectivity index (χ3n) is 3.25. The van der Waals surface area contributed by atoms with E-state index in [0.29, 0.717) is 17.1 Å². The molecule has 86 valence electrons. The summed E-state index contributed by atoms with van der Waals surface area (Å²) in [6.07, 6.45) is 0. The van der Waals surface area contributed by atoms with E-state index in [4.69, 9.17) is 11.6 Å². The fourth-order valence-electron chi connectivity index (χ4n) is 2.45. The first kappa shape index (κ1) is 10.7. The Hall–Kier alpha value is -1.41. The van der Waals surface area contributed by atoms with Gasteiger partial charge in [0.25, 0.3) is 0 Å². The summed E-state index contributed by atoms with van der Waals surface area (Å²) in [6, 6.07) is 9.02. The van der Waals surface area contributed by atoms with Crippen molar-refractivity contribution in [1.29, 1.82) is 0 Å². The number of rotatable bonds is 0. The van der Waals surface area contributed by atoms with Gasteiger partial charge in [0.05, 0.1) is 0 Å². The van der Waals surface area contributed by atoms with Crippen LogP contribution < -0.4 is 0 Å². The Balaban J connectivity index is 2.46. The zero-order chi connectivity index (χ0) is 12.0. The minimum absolute atomic E-state index is 0.234. The van der Waals surface area contributed by atoms with Crippen LogP contribution in [0.3, 0.4) is 0 Å². The van der Waals surface area contributed by atoms with Crippen molar-refractivity contribution in [3.05, 3.63) is 47.3 Å². The molecule has 1 nitrogen and oxygen atoms in total. The fourth-order valence-corrected chi connectivity index (χ4v) is 2.67. The average Bonchev–Trinajstić information content (AvgIpc) is 2.34. The molecule has 3 heteroatoms. The van der Waals surface area contributed by atoms with Gasteiger partial charge in [-0.25, -0.2) is 4.39 Å². The van der Waals surface area contributed by atoms with Crippen LogP contribution in [-0.4, -0.2) is 11.7 Å². The van der Waals surface area contributed by atoms with Gasteiger partial charge in [0.2, 0.25) is 0 Å². The van der Waals surface area contributed by atoms with Gasteiger partial charge in [-0.05, 0) is 17.0 Å². The SMILES string of the molecule is CC1CN=C(Cl)c2cc(F)c3ccccc3c21. The number of hydrogen-bond donors (Lipinski definition) is 0. The first-order chi connectivity index (χ1) is 8.18. The van der Waals surface area contributed by atoms with E-state index in [1.54, 1.807) is 6.07 Å². The summed E-state index contributed by atoms with van der Waals surface area (Å²) < 4.78 is 14.0.